The molecule has 0 saturated heterocycles. The maximum Gasteiger partial charge on any atom is 0.106 e. The van der Waals surface area contributed by atoms with Gasteiger partial charge in [0.15, 0.2) is 0 Å². The van der Waals surface area contributed by atoms with Gasteiger partial charge in [-0.1, -0.05) is 24.4 Å². The molecule has 2 aromatic rings. The van der Waals surface area contributed by atoms with Crippen LogP contribution in [-0.2, 0) is 0 Å². The number of nitrogens with two attached hydrogens (primary N) is 1. The van der Waals surface area contributed by atoms with E-state index in [1.165, 1.54) is 0 Å². The van der Waals surface area contributed by atoms with Crippen molar-refractivity contribution in [2.75, 3.05) is 0 Å². The molecule has 2 rings (SSSR count). The Labute approximate surface area is 93.5 Å². The van der Waals surface area contributed by atoms with E-state index in [9.17, 15) is 0 Å². The SMILES string of the molecule is Cc1cnn(-c2ccccc2C(N)=S)c1. The van der Waals surface area contributed by atoms with Gasteiger partial charge in [0.25, 0.3) is 0 Å². The zero-order chi connectivity index (χ0) is 10.8. The Morgan fingerprint density at radius 1 is 1.40 bits per heavy atom. The maximum absolute atomic E-state index is 5.65. The maximum atomic E-state index is 5.65. The lowest BCUT2D eigenvalue weighted by atomic mass is 10.2. The van der Waals surface area contributed by atoms with Crippen molar-refractivity contribution in [3.05, 3.63) is 47.8 Å². The molecule has 0 atom stereocenters. The van der Waals surface area contributed by atoms with Gasteiger partial charge >= 0.3 is 0 Å². The molecule has 15 heavy (non-hydrogen) atoms. The zero-order valence-corrected chi connectivity index (χ0v) is 9.16. The van der Waals surface area contributed by atoms with Crippen LogP contribution < -0.4 is 5.73 Å². The molecule has 0 amide bonds. The van der Waals surface area contributed by atoms with Crippen molar-refractivity contribution in [3.63, 3.8) is 0 Å². The summed E-state index contributed by atoms with van der Waals surface area (Å²) >= 11 is 4.99. The molecule has 0 radical (unpaired) electrons. The summed E-state index contributed by atoms with van der Waals surface area (Å²) in [7, 11) is 0. The van der Waals surface area contributed by atoms with Gasteiger partial charge in [-0.2, -0.15) is 5.10 Å². The Morgan fingerprint density at radius 3 is 2.73 bits per heavy atom. The quantitative estimate of drug-likeness (QED) is 0.780. The lowest BCUT2D eigenvalue weighted by molar-refractivity contribution is 0.878. The Hall–Kier alpha value is -1.68. The monoisotopic (exact) mass is 217 g/mol. The molecule has 1 aromatic heterocycles. The van der Waals surface area contributed by atoms with Gasteiger partial charge in [0.05, 0.1) is 11.9 Å². The predicted molar refractivity (Wildman–Crippen MR) is 64.2 cm³/mol. The summed E-state index contributed by atoms with van der Waals surface area (Å²) in [5.41, 5.74) is 8.51. The van der Waals surface area contributed by atoms with Crippen LogP contribution in [0.2, 0.25) is 0 Å². The Balaban J connectivity index is 2.57. The lowest BCUT2D eigenvalue weighted by Crippen LogP contribution is -2.13. The molecular formula is C11H11N3S. The van der Waals surface area contributed by atoms with E-state index in [1.54, 1.807) is 10.9 Å². The highest BCUT2D eigenvalue weighted by Crippen LogP contribution is 2.13. The third-order valence-corrected chi connectivity index (χ3v) is 2.35. The first-order valence-electron chi connectivity index (χ1n) is 4.59. The summed E-state index contributed by atoms with van der Waals surface area (Å²) in [6, 6.07) is 7.69. The van der Waals surface area contributed by atoms with Crippen LogP contribution in [0.15, 0.2) is 36.7 Å². The number of aryl methyl sites for hydroxylation is 1. The van der Waals surface area contributed by atoms with Gasteiger partial charge in [-0.3, -0.25) is 0 Å². The van der Waals surface area contributed by atoms with Crippen LogP contribution in [0.1, 0.15) is 11.1 Å². The number of nitrogens with zero attached hydrogens (tertiary/aromatic N) is 2. The van der Waals surface area contributed by atoms with Crippen molar-refractivity contribution < 1.29 is 0 Å². The molecule has 76 valence electrons. The third-order valence-electron chi connectivity index (χ3n) is 2.13. The predicted octanol–water partition coefficient (Wildman–Crippen LogP) is 1.81. The van der Waals surface area contributed by atoms with Crippen molar-refractivity contribution in [2.24, 2.45) is 5.73 Å². The average molecular weight is 217 g/mol. The average Bonchev–Trinajstić information content (AvgIpc) is 2.65. The van der Waals surface area contributed by atoms with Crippen LogP contribution >= 0.6 is 12.2 Å². The number of thiocarbonyl (C=S) groups is 1. The summed E-state index contributed by atoms with van der Waals surface area (Å²) in [5.74, 6) is 0. The first kappa shape index (κ1) is 9.86. The minimum absolute atomic E-state index is 0.388. The van der Waals surface area contributed by atoms with E-state index >= 15 is 0 Å². The van der Waals surface area contributed by atoms with Gasteiger partial charge in [-0.05, 0) is 24.6 Å². The minimum Gasteiger partial charge on any atom is -0.389 e. The van der Waals surface area contributed by atoms with Crippen molar-refractivity contribution in [3.8, 4) is 5.69 Å². The molecule has 0 fully saturated rings. The number of aromatic nitrogens is 2. The zero-order valence-electron chi connectivity index (χ0n) is 8.34. The Kier molecular flexibility index (Phi) is 2.51. The lowest BCUT2D eigenvalue weighted by Gasteiger charge is -2.07. The highest BCUT2D eigenvalue weighted by atomic mass is 32.1. The summed E-state index contributed by atoms with van der Waals surface area (Å²) in [6.07, 6.45) is 3.74. The molecule has 0 bridgehead atoms. The van der Waals surface area contributed by atoms with Gasteiger partial charge < -0.3 is 5.73 Å². The number of benzene rings is 1. The van der Waals surface area contributed by atoms with E-state index in [-0.39, 0.29) is 0 Å². The summed E-state index contributed by atoms with van der Waals surface area (Å²) in [6.45, 7) is 1.99. The fourth-order valence-corrected chi connectivity index (χ4v) is 1.60. The van der Waals surface area contributed by atoms with E-state index in [4.69, 9.17) is 18.0 Å². The second kappa shape index (κ2) is 3.82. The largest absolute Gasteiger partial charge is 0.389 e. The van der Waals surface area contributed by atoms with E-state index in [0.717, 1.165) is 16.8 Å². The van der Waals surface area contributed by atoms with E-state index in [0.29, 0.717) is 4.99 Å². The van der Waals surface area contributed by atoms with Gasteiger partial charge in [-0.15, -0.1) is 0 Å². The molecular weight excluding hydrogens is 206 g/mol. The fourth-order valence-electron chi connectivity index (χ4n) is 1.43. The molecule has 0 unspecified atom stereocenters. The van der Waals surface area contributed by atoms with Crippen LogP contribution in [-0.4, -0.2) is 14.8 Å². The Morgan fingerprint density at radius 2 is 2.13 bits per heavy atom. The Bertz CT molecular complexity index is 502. The molecule has 3 nitrogen and oxygen atoms in total. The highest BCUT2D eigenvalue weighted by Gasteiger charge is 2.06. The molecule has 0 saturated carbocycles. The van der Waals surface area contributed by atoms with Crippen LogP contribution in [0.5, 0.6) is 0 Å². The topological polar surface area (TPSA) is 43.8 Å². The second-order valence-electron chi connectivity index (χ2n) is 3.34. The molecule has 4 heteroatoms. The van der Waals surface area contributed by atoms with Crippen molar-refractivity contribution in [1.82, 2.24) is 9.78 Å². The van der Waals surface area contributed by atoms with Gasteiger partial charge in [0.2, 0.25) is 0 Å². The minimum atomic E-state index is 0.388. The normalized spacial score (nSPS) is 10.2. The number of hydrogen-bond donors (Lipinski definition) is 1. The van der Waals surface area contributed by atoms with E-state index in [2.05, 4.69) is 5.10 Å². The van der Waals surface area contributed by atoms with E-state index < -0.39 is 0 Å². The van der Waals surface area contributed by atoms with Crippen molar-refractivity contribution in [1.29, 1.82) is 0 Å². The molecule has 0 spiro atoms. The molecule has 2 N–H and O–H groups in total. The molecule has 0 aliphatic rings. The number of hydrogen-bond acceptors (Lipinski definition) is 2. The van der Waals surface area contributed by atoms with Gasteiger partial charge in [-0.25, -0.2) is 4.68 Å². The first-order valence-corrected chi connectivity index (χ1v) is 5.00. The van der Waals surface area contributed by atoms with Crippen LogP contribution in [0.4, 0.5) is 0 Å². The van der Waals surface area contributed by atoms with Gasteiger partial charge in [0.1, 0.15) is 4.99 Å². The van der Waals surface area contributed by atoms with Crippen molar-refractivity contribution >= 4 is 17.2 Å². The first-order chi connectivity index (χ1) is 7.18. The molecule has 0 aliphatic carbocycles. The smallest absolute Gasteiger partial charge is 0.106 e. The summed E-state index contributed by atoms with van der Waals surface area (Å²) < 4.78 is 1.78. The van der Waals surface area contributed by atoms with E-state index in [1.807, 2.05) is 37.4 Å². The van der Waals surface area contributed by atoms with Crippen LogP contribution in [0.3, 0.4) is 0 Å². The second-order valence-corrected chi connectivity index (χ2v) is 3.78. The standard InChI is InChI=1S/C11H11N3S/c1-8-6-13-14(7-8)10-5-3-2-4-9(10)11(12)15/h2-7H,1H3,(H2,12,15). The van der Waals surface area contributed by atoms with Crippen LogP contribution in [0.25, 0.3) is 5.69 Å². The number of rotatable bonds is 2. The fraction of sp³-hybridized carbons (Fsp3) is 0.0909. The summed E-state index contributed by atoms with van der Waals surface area (Å²) in [4.78, 5) is 0.388. The van der Waals surface area contributed by atoms with Crippen molar-refractivity contribution in [2.45, 2.75) is 6.92 Å². The highest BCUT2D eigenvalue weighted by molar-refractivity contribution is 7.80. The van der Waals surface area contributed by atoms with Gasteiger partial charge in [0, 0.05) is 11.8 Å². The molecule has 1 heterocycles. The number of para-hydroxylation sites is 1. The molecule has 1 aromatic carbocycles. The summed E-state index contributed by atoms with van der Waals surface area (Å²) in [5, 5.41) is 4.23. The third kappa shape index (κ3) is 1.89. The molecule has 0 aliphatic heterocycles. The van der Waals surface area contributed by atoms with Crippen LogP contribution in [0, 0.1) is 6.92 Å².